The highest BCUT2D eigenvalue weighted by Gasteiger charge is 2.24. The van der Waals surface area contributed by atoms with Crippen molar-refractivity contribution < 1.29 is 24.5 Å². The molecule has 0 aliphatic heterocycles. The minimum absolute atomic E-state index is 0.0817. The first-order chi connectivity index (χ1) is 30.5. The number of rotatable bonds is 51. The SMILES string of the molecule is CCC/C=C\CCCCCCCC(=O)OC(CCCCCCCCCCCCCCCCCC)CC(=O)NC(CO)C(O)CCCCCCCCCCCCCCCCCCC. The standard InChI is InChI=1S/C56H109NO5/c1-4-7-10-13-16-19-22-24-26-28-30-32-34-36-39-42-45-48-54(59)53(51-58)57-55(60)50-52(62-56(61)49-46-43-40-37-21-18-15-12-9-6-3)47-44-41-38-35-33-31-29-27-25-23-20-17-14-11-8-5-2/h12,15,52-54,58-59H,4-11,13-14,16-51H2,1-3H3,(H,57,60)/b15-12-. The zero-order valence-corrected chi connectivity index (χ0v) is 42.0. The summed E-state index contributed by atoms with van der Waals surface area (Å²) >= 11 is 0. The van der Waals surface area contributed by atoms with Crippen molar-refractivity contribution in [3.8, 4) is 0 Å². The molecule has 0 bridgehead atoms. The Labute approximate surface area is 387 Å². The highest BCUT2D eigenvalue weighted by molar-refractivity contribution is 5.77. The molecule has 0 aliphatic carbocycles. The average molecular weight is 876 g/mol. The minimum atomic E-state index is -0.783. The summed E-state index contributed by atoms with van der Waals surface area (Å²) in [5.41, 5.74) is 0. The van der Waals surface area contributed by atoms with E-state index in [2.05, 4.69) is 38.2 Å². The number of hydrogen-bond acceptors (Lipinski definition) is 5. The second-order valence-corrected chi connectivity index (χ2v) is 19.3. The summed E-state index contributed by atoms with van der Waals surface area (Å²) in [5, 5.41) is 23.9. The lowest BCUT2D eigenvalue weighted by atomic mass is 10.0. The van der Waals surface area contributed by atoms with Gasteiger partial charge in [-0.1, -0.05) is 264 Å². The lowest BCUT2D eigenvalue weighted by Crippen LogP contribution is -2.46. The van der Waals surface area contributed by atoms with Crippen LogP contribution in [0.4, 0.5) is 0 Å². The van der Waals surface area contributed by atoms with Gasteiger partial charge in [0.05, 0.1) is 25.2 Å². The highest BCUT2D eigenvalue weighted by Crippen LogP contribution is 2.19. The first kappa shape index (κ1) is 60.6. The number of unbranched alkanes of at least 4 members (excludes halogenated alkanes) is 37. The third-order valence-electron chi connectivity index (χ3n) is 13.1. The summed E-state index contributed by atoms with van der Waals surface area (Å²) in [7, 11) is 0. The second kappa shape index (κ2) is 50.6. The molecule has 0 aromatic carbocycles. The van der Waals surface area contributed by atoms with Crippen LogP contribution in [0.3, 0.4) is 0 Å². The molecule has 3 atom stereocenters. The molecular formula is C56H109NO5. The second-order valence-electron chi connectivity index (χ2n) is 19.3. The number of nitrogens with one attached hydrogen (secondary N) is 1. The summed E-state index contributed by atoms with van der Waals surface area (Å²) in [6, 6.07) is -0.697. The van der Waals surface area contributed by atoms with Gasteiger partial charge < -0.3 is 20.3 Å². The number of carbonyl (C=O) groups is 2. The molecule has 0 aliphatic rings. The minimum Gasteiger partial charge on any atom is -0.462 e. The van der Waals surface area contributed by atoms with Crippen LogP contribution in [0, 0.1) is 0 Å². The summed E-state index contributed by atoms with van der Waals surface area (Å²) in [4.78, 5) is 26.1. The molecule has 0 rings (SSSR count). The Morgan fingerprint density at radius 2 is 0.806 bits per heavy atom. The Bertz CT molecular complexity index is 939. The zero-order valence-electron chi connectivity index (χ0n) is 42.0. The van der Waals surface area contributed by atoms with E-state index in [1.54, 1.807) is 0 Å². The topological polar surface area (TPSA) is 95.9 Å². The number of esters is 1. The molecule has 3 unspecified atom stereocenters. The molecule has 3 N–H and O–H groups in total. The molecule has 0 fully saturated rings. The van der Waals surface area contributed by atoms with Gasteiger partial charge in [-0.3, -0.25) is 9.59 Å². The van der Waals surface area contributed by atoms with Crippen LogP contribution < -0.4 is 5.32 Å². The van der Waals surface area contributed by atoms with Crippen molar-refractivity contribution in [1.82, 2.24) is 5.32 Å². The van der Waals surface area contributed by atoms with Crippen molar-refractivity contribution in [2.24, 2.45) is 0 Å². The third kappa shape index (κ3) is 45.2. The lowest BCUT2D eigenvalue weighted by molar-refractivity contribution is -0.151. The third-order valence-corrected chi connectivity index (χ3v) is 13.1. The number of allylic oxidation sites excluding steroid dienone is 2. The fourth-order valence-electron chi connectivity index (χ4n) is 8.85. The van der Waals surface area contributed by atoms with Crippen molar-refractivity contribution in [3.63, 3.8) is 0 Å². The molecule has 368 valence electrons. The van der Waals surface area contributed by atoms with E-state index in [-0.39, 0.29) is 24.9 Å². The first-order valence-electron chi connectivity index (χ1n) is 27.9. The fourth-order valence-corrected chi connectivity index (χ4v) is 8.85. The molecule has 1 amide bonds. The van der Waals surface area contributed by atoms with Crippen molar-refractivity contribution >= 4 is 11.9 Å². The van der Waals surface area contributed by atoms with Gasteiger partial charge in [0.2, 0.25) is 5.91 Å². The lowest BCUT2D eigenvalue weighted by Gasteiger charge is -2.24. The van der Waals surface area contributed by atoms with E-state index in [1.165, 1.54) is 205 Å². The van der Waals surface area contributed by atoms with Crippen molar-refractivity contribution in [2.45, 2.75) is 328 Å². The monoisotopic (exact) mass is 876 g/mol. The maximum Gasteiger partial charge on any atom is 0.306 e. The van der Waals surface area contributed by atoms with Gasteiger partial charge in [0, 0.05) is 6.42 Å². The number of aliphatic hydroxyl groups is 2. The van der Waals surface area contributed by atoms with Gasteiger partial charge >= 0.3 is 5.97 Å². The molecule has 6 heteroatoms. The maximum absolute atomic E-state index is 13.2. The van der Waals surface area contributed by atoms with E-state index >= 15 is 0 Å². The molecule has 62 heavy (non-hydrogen) atoms. The number of hydrogen-bond donors (Lipinski definition) is 3. The largest absolute Gasteiger partial charge is 0.462 e. The molecule has 0 saturated heterocycles. The molecule has 0 aromatic rings. The van der Waals surface area contributed by atoms with Gasteiger partial charge in [0.15, 0.2) is 0 Å². The fraction of sp³-hybridized carbons (Fsp3) is 0.929. The summed E-state index contributed by atoms with van der Waals surface area (Å²) in [6.07, 6.45) is 57.1. The smallest absolute Gasteiger partial charge is 0.306 e. The van der Waals surface area contributed by atoms with Crippen LogP contribution in [0.5, 0.6) is 0 Å². The predicted molar refractivity (Wildman–Crippen MR) is 269 cm³/mol. The number of ether oxygens (including phenoxy) is 1. The average Bonchev–Trinajstić information content (AvgIpc) is 3.26. The maximum atomic E-state index is 13.2. The van der Waals surface area contributed by atoms with Crippen LogP contribution in [0.15, 0.2) is 12.2 Å². The summed E-state index contributed by atoms with van der Waals surface area (Å²) < 4.78 is 5.94. The van der Waals surface area contributed by atoms with Crippen molar-refractivity contribution in [2.75, 3.05) is 6.61 Å². The Morgan fingerprint density at radius 3 is 1.21 bits per heavy atom. The van der Waals surface area contributed by atoms with Gasteiger partial charge in [-0.2, -0.15) is 0 Å². The van der Waals surface area contributed by atoms with Crippen LogP contribution in [-0.4, -0.2) is 46.9 Å². The van der Waals surface area contributed by atoms with Crippen LogP contribution in [-0.2, 0) is 14.3 Å². The molecule has 0 saturated carbocycles. The van der Waals surface area contributed by atoms with E-state index in [1.807, 2.05) is 0 Å². The zero-order chi connectivity index (χ0) is 45.2. The van der Waals surface area contributed by atoms with Crippen LogP contribution in [0.1, 0.15) is 310 Å². The summed E-state index contributed by atoms with van der Waals surface area (Å²) in [6.45, 7) is 6.46. The van der Waals surface area contributed by atoms with E-state index in [0.717, 1.165) is 57.8 Å². The van der Waals surface area contributed by atoms with Gasteiger partial charge in [-0.15, -0.1) is 0 Å². The number of amides is 1. The van der Waals surface area contributed by atoms with E-state index < -0.39 is 18.2 Å². The van der Waals surface area contributed by atoms with Crippen LogP contribution >= 0.6 is 0 Å². The Balaban J connectivity index is 4.44. The van der Waals surface area contributed by atoms with Gasteiger partial charge in [-0.05, 0) is 44.9 Å². The van der Waals surface area contributed by atoms with Crippen molar-refractivity contribution in [3.05, 3.63) is 12.2 Å². The van der Waals surface area contributed by atoms with Crippen LogP contribution in [0.2, 0.25) is 0 Å². The molecule has 0 aromatic heterocycles. The quantitative estimate of drug-likeness (QED) is 0.0321. The Kier molecular flexibility index (Phi) is 49.5. The van der Waals surface area contributed by atoms with Gasteiger partial charge in [0.1, 0.15) is 6.10 Å². The molecule has 0 heterocycles. The Morgan fingerprint density at radius 1 is 0.452 bits per heavy atom. The van der Waals surface area contributed by atoms with E-state index in [9.17, 15) is 19.8 Å². The van der Waals surface area contributed by atoms with E-state index in [0.29, 0.717) is 19.3 Å². The molecule has 6 nitrogen and oxygen atoms in total. The van der Waals surface area contributed by atoms with Gasteiger partial charge in [0.25, 0.3) is 0 Å². The van der Waals surface area contributed by atoms with Crippen molar-refractivity contribution in [1.29, 1.82) is 0 Å². The molecular weight excluding hydrogens is 767 g/mol. The molecule has 0 radical (unpaired) electrons. The number of carbonyl (C=O) groups excluding carboxylic acids is 2. The van der Waals surface area contributed by atoms with Crippen LogP contribution in [0.25, 0.3) is 0 Å². The van der Waals surface area contributed by atoms with Gasteiger partial charge in [-0.25, -0.2) is 0 Å². The highest BCUT2D eigenvalue weighted by atomic mass is 16.5. The predicted octanol–water partition coefficient (Wildman–Crippen LogP) is 16.9. The summed E-state index contributed by atoms with van der Waals surface area (Å²) in [5.74, 6) is -0.466. The first-order valence-corrected chi connectivity index (χ1v) is 27.9. The Hall–Kier alpha value is -1.40. The normalized spacial score (nSPS) is 13.2. The van der Waals surface area contributed by atoms with E-state index in [4.69, 9.17) is 4.74 Å². The number of aliphatic hydroxyl groups excluding tert-OH is 2. The molecule has 0 spiro atoms.